The second-order valence-corrected chi connectivity index (χ2v) is 7.00. The van der Waals surface area contributed by atoms with E-state index in [1.807, 2.05) is 43.3 Å². The van der Waals surface area contributed by atoms with Crippen LogP contribution in [0.3, 0.4) is 0 Å². The standard InChI is InChI=1S/C21H27NO5/c1-15(22-27-14-21(2,3)25)17-5-4-6-20(10-17)26-13-16-7-8-18(11-23)19(9-16)12-24/h4-10,23-25H,11-14H2,1-3H3/b22-15+. The number of aliphatic hydroxyl groups is 3. The normalized spacial score (nSPS) is 12.1. The van der Waals surface area contributed by atoms with Crippen LogP contribution in [0.2, 0.25) is 0 Å². The first kappa shape index (κ1) is 20.9. The molecule has 0 aliphatic heterocycles. The van der Waals surface area contributed by atoms with Crippen molar-refractivity contribution in [2.45, 2.75) is 46.2 Å². The smallest absolute Gasteiger partial charge is 0.145 e. The molecule has 0 heterocycles. The zero-order chi connectivity index (χ0) is 19.9. The van der Waals surface area contributed by atoms with Crippen molar-refractivity contribution in [3.05, 3.63) is 64.7 Å². The van der Waals surface area contributed by atoms with E-state index in [1.54, 1.807) is 19.9 Å². The van der Waals surface area contributed by atoms with Gasteiger partial charge in [-0.05, 0) is 55.7 Å². The molecule has 6 nitrogen and oxygen atoms in total. The minimum absolute atomic E-state index is 0.104. The number of aliphatic hydroxyl groups excluding tert-OH is 2. The van der Waals surface area contributed by atoms with Crippen LogP contribution < -0.4 is 4.74 Å². The van der Waals surface area contributed by atoms with Gasteiger partial charge in [0.1, 0.15) is 19.0 Å². The first-order chi connectivity index (χ1) is 12.8. The van der Waals surface area contributed by atoms with Gasteiger partial charge in [0, 0.05) is 5.56 Å². The van der Waals surface area contributed by atoms with Crippen molar-refractivity contribution < 1.29 is 24.9 Å². The highest BCUT2D eigenvalue weighted by molar-refractivity contribution is 5.98. The van der Waals surface area contributed by atoms with Crippen LogP contribution in [0.4, 0.5) is 0 Å². The van der Waals surface area contributed by atoms with Crippen molar-refractivity contribution in [3.63, 3.8) is 0 Å². The molecule has 0 saturated heterocycles. The van der Waals surface area contributed by atoms with Gasteiger partial charge >= 0.3 is 0 Å². The predicted octanol–water partition coefficient (Wildman–Crippen LogP) is 2.76. The maximum atomic E-state index is 9.65. The zero-order valence-corrected chi connectivity index (χ0v) is 16.0. The van der Waals surface area contributed by atoms with Gasteiger partial charge in [-0.1, -0.05) is 29.4 Å². The van der Waals surface area contributed by atoms with E-state index in [4.69, 9.17) is 9.57 Å². The van der Waals surface area contributed by atoms with Crippen molar-refractivity contribution in [2.75, 3.05) is 6.61 Å². The fraction of sp³-hybridized carbons (Fsp3) is 0.381. The van der Waals surface area contributed by atoms with E-state index >= 15 is 0 Å². The molecule has 0 bridgehead atoms. The molecule has 0 aliphatic rings. The number of benzene rings is 2. The van der Waals surface area contributed by atoms with Gasteiger partial charge in [0.15, 0.2) is 0 Å². The number of oxime groups is 1. The van der Waals surface area contributed by atoms with E-state index in [1.165, 1.54) is 0 Å². The number of hydrogen-bond donors (Lipinski definition) is 3. The lowest BCUT2D eigenvalue weighted by atomic mass is 10.1. The van der Waals surface area contributed by atoms with Gasteiger partial charge in [0.25, 0.3) is 0 Å². The molecule has 2 rings (SSSR count). The molecule has 0 amide bonds. The third kappa shape index (κ3) is 6.67. The Labute approximate surface area is 159 Å². The minimum Gasteiger partial charge on any atom is -0.489 e. The molecule has 0 saturated carbocycles. The average molecular weight is 373 g/mol. The predicted molar refractivity (Wildman–Crippen MR) is 104 cm³/mol. The van der Waals surface area contributed by atoms with Gasteiger partial charge in [-0.3, -0.25) is 0 Å². The number of hydrogen-bond acceptors (Lipinski definition) is 6. The monoisotopic (exact) mass is 373 g/mol. The number of nitrogens with zero attached hydrogens (tertiary/aromatic N) is 1. The second-order valence-electron chi connectivity index (χ2n) is 7.00. The Morgan fingerprint density at radius 2 is 1.78 bits per heavy atom. The Morgan fingerprint density at radius 3 is 2.44 bits per heavy atom. The summed E-state index contributed by atoms with van der Waals surface area (Å²) in [5.41, 5.74) is 2.91. The van der Waals surface area contributed by atoms with Gasteiger partial charge in [0.2, 0.25) is 0 Å². The van der Waals surface area contributed by atoms with Crippen molar-refractivity contribution in [3.8, 4) is 5.75 Å². The molecule has 0 radical (unpaired) electrons. The molecule has 146 valence electrons. The summed E-state index contributed by atoms with van der Waals surface area (Å²) in [6.07, 6.45) is 0. The third-order valence-corrected chi connectivity index (χ3v) is 3.89. The van der Waals surface area contributed by atoms with Crippen molar-refractivity contribution in [1.29, 1.82) is 0 Å². The molecule has 27 heavy (non-hydrogen) atoms. The van der Waals surface area contributed by atoms with Gasteiger partial charge < -0.3 is 24.9 Å². The zero-order valence-electron chi connectivity index (χ0n) is 16.0. The van der Waals surface area contributed by atoms with Gasteiger partial charge in [-0.25, -0.2) is 0 Å². The van der Waals surface area contributed by atoms with Gasteiger partial charge in [-0.2, -0.15) is 0 Å². The SMILES string of the molecule is C/C(=N\OCC(C)(C)O)c1cccc(OCc2ccc(CO)c(CO)c2)c1. The van der Waals surface area contributed by atoms with E-state index in [0.29, 0.717) is 29.2 Å². The van der Waals surface area contributed by atoms with E-state index in [2.05, 4.69) is 5.16 Å². The highest BCUT2D eigenvalue weighted by atomic mass is 16.6. The Hall–Kier alpha value is -2.41. The molecular weight excluding hydrogens is 346 g/mol. The maximum absolute atomic E-state index is 9.65. The molecule has 0 spiro atoms. The van der Waals surface area contributed by atoms with Crippen molar-refractivity contribution in [2.24, 2.45) is 5.16 Å². The highest BCUT2D eigenvalue weighted by Crippen LogP contribution is 2.18. The third-order valence-electron chi connectivity index (χ3n) is 3.89. The number of rotatable bonds is 9. The molecule has 0 aliphatic carbocycles. The van der Waals surface area contributed by atoms with E-state index in [9.17, 15) is 15.3 Å². The lowest BCUT2D eigenvalue weighted by Gasteiger charge is -2.15. The van der Waals surface area contributed by atoms with E-state index in [0.717, 1.165) is 11.1 Å². The summed E-state index contributed by atoms with van der Waals surface area (Å²) in [6, 6.07) is 13.0. The summed E-state index contributed by atoms with van der Waals surface area (Å²) < 4.78 is 5.83. The van der Waals surface area contributed by atoms with Crippen molar-refractivity contribution >= 4 is 5.71 Å². The molecular formula is C21H27NO5. The molecule has 2 aromatic carbocycles. The van der Waals surface area contributed by atoms with E-state index < -0.39 is 5.60 Å². The topological polar surface area (TPSA) is 91.5 Å². The highest BCUT2D eigenvalue weighted by Gasteiger charge is 2.13. The summed E-state index contributed by atoms with van der Waals surface area (Å²) in [7, 11) is 0. The Kier molecular flexibility index (Phi) is 7.36. The second kappa shape index (κ2) is 9.50. The van der Waals surface area contributed by atoms with Crippen LogP contribution in [0.1, 0.15) is 43.0 Å². The fourth-order valence-electron chi connectivity index (χ4n) is 2.39. The first-order valence-electron chi connectivity index (χ1n) is 8.77. The molecule has 6 heteroatoms. The summed E-state index contributed by atoms with van der Waals surface area (Å²) in [5.74, 6) is 0.682. The molecule has 2 aromatic rings. The average Bonchev–Trinajstić information content (AvgIpc) is 2.65. The Morgan fingerprint density at radius 1 is 1.04 bits per heavy atom. The van der Waals surface area contributed by atoms with Crippen LogP contribution in [0.25, 0.3) is 0 Å². The fourth-order valence-corrected chi connectivity index (χ4v) is 2.39. The Bertz CT molecular complexity index is 780. The quantitative estimate of drug-likeness (QED) is 0.464. The molecule has 0 aromatic heterocycles. The largest absolute Gasteiger partial charge is 0.489 e. The summed E-state index contributed by atoms with van der Waals surface area (Å²) in [4.78, 5) is 5.18. The van der Waals surface area contributed by atoms with Crippen LogP contribution in [-0.2, 0) is 24.7 Å². The lowest BCUT2D eigenvalue weighted by Crippen LogP contribution is -2.25. The molecule has 0 unspecified atom stereocenters. The van der Waals surface area contributed by atoms with Crippen LogP contribution in [-0.4, -0.2) is 33.2 Å². The van der Waals surface area contributed by atoms with Crippen molar-refractivity contribution in [1.82, 2.24) is 0 Å². The maximum Gasteiger partial charge on any atom is 0.145 e. The number of ether oxygens (including phenoxy) is 1. The van der Waals surface area contributed by atoms with Crippen LogP contribution >= 0.6 is 0 Å². The first-order valence-corrected chi connectivity index (χ1v) is 8.77. The minimum atomic E-state index is -0.937. The van der Waals surface area contributed by atoms with E-state index in [-0.39, 0.29) is 19.8 Å². The van der Waals surface area contributed by atoms with Crippen LogP contribution in [0.5, 0.6) is 5.75 Å². The summed E-state index contributed by atoms with van der Waals surface area (Å²) in [5, 5.41) is 32.3. The van der Waals surface area contributed by atoms with Gasteiger partial charge in [0.05, 0.1) is 24.5 Å². The molecule has 0 fully saturated rings. The lowest BCUT2D eigenvalue weighted by molar-refractivity contribution is -0.0189. The van der Waals surface area contributed by atoms with Gasteiger partial charge in [-0.15, -0.1) is 0 Å². The Balaban J connectivity index is 2.02. The summed E-state index contributed by atoms with van der Waals surface area (Å²) >= 11 is 0. The molecule has 0 atom stereocenters. The van der Waals surface area contributed by atoms with Crippen LogP contribution in [0.15, 0.2) is 47.6 Å². The van der Waals surface area contributed by atoms with Crippen LogP contribution in [0, 0.1) is 0 Å². The summed E-state index contributed by atoms with van der Waals surface area (Å²) in [6.45, 7) is 5.35. The molecule has 3 N–H and O–H groups in total.